The van der Waals surface area contributed by atoms with Gasteiger partial charge in [-0.1, -0.05) is 48.5 Å². The van der Waals surface area contributed by atoms with Crippen LogP contribution in [0, 0.1) is 12.7 Å². The highest BCUT2D eigenvalue weighted by Crippen LogP contribution is 2.18. The van der Waals surface area contributed by atoms with E-state index in [1.54, 1.807) is 4.90 Å². The van der Waals surface area contributed by atoms with E-state index in [0.29, 0.717) is 17.7 Å². The monoisotopic (exact) mass is 400 g/mol. The second-order valence-corrected chi connectivity index (χ2v) is 7.32. The maximum Gasteiger partial charge on any atom is 0.254 e. The van der Waals surface area contributed by atoms with Gasteiger partial charge in [0.15, 0.2) is 0 Å². The molecule has 1 amide bonds. The minimum Gasteiger partial charge on any atom is -0.330 e. The Labute approximate surface area is 173 Å². The number of para-hydroxylation sites is 1. The first-order chi connectivity index (χ1) is 14.5. The van der Waals surface area contributed by atoms with Crippen LogP contribution in [0.5, 0.6) is 0 Å². The Morgan fingerprint density at radius 2 is 1.67 bits per heavy atom. The van der Waals surface area contributed by atoms with E-state index >= 15 is 0 Å². The van der Waals surface area contributed by atoms with Crippen molar-refractivity contribution in [1.82, 2.24) is 9.88 Å². The molecule has 0 saturated carbocycles. The second-order valence-electron chi connectivity index (χ2n) is 7.32. The fourth-order valence-electron chi connectivity index (χ4n) is 3.53. The number of hydrogen-bond acceptors (Lipinski definition) is 2. The zero-order chi connectivity index (χ0) is 21.1. The van der Waals surface area contributed by atoms with Gasteiger partial charge in [-0.25, -0.2) is 4.39 Å². The Morgan fingerprint density at radius 3 is 2.40 bits per heavy atom. The summed E-state index contributed by atoms with van der Waals surface area (Å²) in [6.45, 7) is 2.42. The van der Waals surface area contributed by atoms with Gasteiger partial charge in [0.2, 0.25) is 0 Å². The molecule has 1 heterocycles. The van der Waals surface area contributed by atoms with Crippen molar-refractivity contribution in [3.05, 3.63) is 117 Å². The van der Waals surface area contributed by atoms with E-state index in [4.69, 9.17) is 0 Å². The quantitative estimate of drug-likeness (QED) is 0.522. The Kier molecular flexibility index (Phi) is 5.44. The van der Waals surface area contributed by atoms with Gasteiger partial charge in [0.25, 0.3) is 11.5 Å². The second kappa shape index (κ2) is 8.33. The fraction of sp³-hybridized carbons (Fsp3) is 0.120. The Morgan fingerprint density at radius 1 is 0.933 bits per heavy atom. The van der Waals surface area contributed by atoms with Crippen LogP contribution in [0.4, 0.5) is 4.39 Å². The molecular weight excluding hydrogens is 379 g/mol. The van der Waals surface area contributed by atoms with Crippen LogP contribution in [0.3, 0.4) is 0 Å². The third-order valence-electron chi connectivity index (χ3n) is 5.12. The van der Waals surface area contributed by atoms with Crippen LogP contribution in [0.25, 0.3) is 10.9 Å². The Balaban J connectivity index is 1.71. The number of carbonyl (C=O) groups excluding carboxylic acids is 1. The predicted molar refractivity (Wildman–Crippen MR) is 116 cm³/mol. The number of fused-ring (bicyclic) bond motifs is 1. The Hall–Kier alpha value is -3.73. The highest BCUT2D eigenvalue weighted by Gasteiger charge is 2.19. The normalized spacial score (nSPS) is 10.9. The number of aromatic nitrogens is 1. The molecule has 0 saturated heterocycles. The third-order valence-corrected chi connectivity index (χ3v) is 5.12. The van der Waals surface area contributed by atoms with Crippen LogP contribution in [0.15, 0.2) is 83.7 Å². The van der Waals surface area contributed by atoms with Crippen LogP contribution in [0.2, 0.25) is 0 Å². The zero-order valence-corrected chi connectivity index (χ0v) is 16.6. The number of nitrogens with one attached hydrogen (secondary N) is 1. The van der Waals surface area contributed by atoms with Gasteiger partial charge < -0.3 is 9.88 Å². The summed E-state index contributed by atoms with van der Waals surface area (Å²) in [5, 5.41) is 0.915. The van der Waals surface area contributed by atoms with Crippen molar-refractivity contribution < 1.29 is 9.18 Å². The predicted octanol–water partition coefficient (Wildman–Crippen LogP) is 4.82. The molecule has 0 atom stereocenters. The maximum absolute atomic E-state index is 13.3. The fourth-order valence-corrected chi connectivity index (χ4v) is 3.53. The van der Waals surface area contributed by atoms with Crippen molar-refractivity contribution in [2.75, 3.05) is 0 Å². The molecule has 0 aliphatic rings. The highest BCUT2D eigenvalue weighted by molar-refractivity contribution is 5.94. The van der Waals surface area contributed by atoms with E-state index in [1.807, 2.05) is 61.5 Å². The topological polar surface area (TPSA) is 53.2 Å². The van der Waals surface area contributed by atoms with E-state index in [1.165, 1.54) is 24.3 Å². The van der Waals surface area contributed by atoms with Gasteiger partial charge in [-0.05, 0) is 53.8 Å². The van der Waals surface area contributed by atoms with Gasteiger partial charge in [0.05, 0.1) is 12.1 Å². The molecule has 0 bridgehead atoms. The number of pyridine rings is 1. The van der Waals surface area contributed by atoms with Gasteiger partial charge in [-0.3, -0.25) is 9.59 Å². The smallest absolute Gasteiger partial charge is 0.254 e. The van der Waals surface area contributed by atoms with Crippen molar-refractivity contribution >= 4 is 16.8 Å². The molecule has 150 valence electrons. The maximum atomic E-state index is 13.3. The van der Waals surface area contributed by atoms with Crippen LogP contribution < -0.4 is 5.56 Å². The summed E-state index contributed by atoms with van der Waals surface area (Å²) < 4.78 is 13.3. The lowest BCUT2D eigenvalue weighted by atomic mass is 10.1. The lowest BCUT2D eigenvalue weighted by molar-refractivity contribution is 0.0729. The molecule has 5 heteroatoms. The van der Waals surface area contributed by atoms with Gasteiger partial charge in [0, 0.05) is 17.7 Å². The average Bonchev–Trinajstić information content (AvgIpc) is 2.75. The standard InChI is InChI=1S/C25H21FN2O2/c1-17-6-5-9-20-14-21(24(29)27-23(17)20)16-28(15-18-7-3-2-4-8-18)25(30)19-10-12-22(26)13-11-19/h2-14H,15-16H2,1H3,(H,27,29). The summed E-state index contributed by atoms with van der Waals surface area (Å²) in [7, 11) is 0. The van der Waals surface area contributed by atoms with Crippen LogP contribution in [0.1, 0.15) is 27.0 Å². The van der Waals surface area contributed by atoms with Gasteiger partial charge >= 0.3 is 0 Å². The molecule has 4 nitrogen and oxygen atoms in total. The lowest BCUT2D eigenvalue weighted by Gasteiger charge is -2.23. The molecule has 0 aliphatic carbocycles. The molecule has 0 spiro atoms. The van der Waals surface area contributed by atoms with Crippen molar-refractivity contribution in [2.24, 2.45) is 0 Å². The van der Waals surface area contributed by atoms with Crippen molar-refractivity contribution in [3.8, 4) is 0 Å². The first-order valence-electron chi connectivity index (χ1n) is 9.71. The van der Waals surface area contributed by atoms with E-state index in [-0.39, 0.29) is 18.0 Å². The largest absolute Gasteiger partial charge is 0.330 e. The van der Waals surface area contributed by atoms with E-state index in [9.17, 15) is 14.0 Å². The molecular formula is C25H21FN2O2. The number of hydrogen-bond donors (Lipinski definition) is 1. The molecule has 1 N–H and O–H groups in total. The third kappa shape index (κ3) is 4.15. The molecule has 3 aromatic carbocycles. The lowest BCUT2D eigenvalue weighted by Crippen LogP contribution is -2.32. The van der Waals surface area contributed by atoms with E-state index in [0.717, 1.165) is 22.0 Å². The molecule has 1 aromatic heterocycles. The van der Waals surface area contributed by atoms with E-state index in [2.05, 4.69) is 4.98 Å². The highest BCUT2D eigenvalue weighted by atomic mass is 19.1. The number of nitrogens with zero attached hydrogens (tertiary/aromatic N) is 1. The van der Waals surface area contributed by atoms with Crippen LogP contribution >= 0.6 is 0 Å². The minimum atomic E-state index is -0.400. The first-order valence-corrected chi connectivity index (χ1v) is 9.71. The molecule has 0 unspecified atom stereocenters. The zero-order valence-electron chi connectivity index (χ0n) is 16.6. The van der Waals surface area contributed by atoms with Gasteiger partial charge in [-0.15, -0.1) is 0 Å². The summed E-state index contributed by atoms with van der Waals surface area (Å²) in [5.41, 5.74) is 3.38. The van der Waals surface area contributed by atoms with E-state index < -0.39 is 5.82 Å². The number of carbonyl (C=O) groups is 1. The number of halogens is 1. The first kappa shape index (κ1) is 19.6. The Bertz CT molecular complexity index is 1250. The molecule has 0 radical (unpaired) electrons. The van der Waals surface area contributed by atoms with Gasteiger partial charge in [0.1, 0.15) is 5.82 Å². The number of amides is 1. The minimum absolute atomic E-state index is 0.143. The average molecular weight is 400 g/mol. The molecule has 4 aromatic rings. The molecule has 30 heavy (non-hydrogen) atoms. The number of aromatic amines is 1. The van der Waals surface area contributed by atoms with Crippen LogP contribution in [-0.4, -0.2) is 15.8 Å². The van der Waals surface area contributed by atoms with Crippen molar-refractivity contribution in [1.29, 1.82) is 0 Å². The molecule has 4 rings (SSSR count). The SMILES string of the molecule is Cc1cccc2cc(CN(Cc3ccccc3)C(=O)c3ccc(F)cc3)c(=O)[nH]c12. The van der Waals surface area contributed by atoms with Gasteiger partial charge in [-0.2, -0.15) is 0 Å². The van der Waals surface area contributed by atoms with Crippen molar-refractivity contribution in [3.63, 3.8) is 0 Å². The summed E-state index contributed by atoms with van der Waals surface area (Å²) in [6, 6.07) is 22.7. The van der Waals surface area contributed by atoms with Crippen molar-refractivity contribution in [2.45, 2.75) is 20.0 Å². The summed E-state index contributed by atoms with van der Waals surface area (Å²) >= 11 is 0. The summed E-state index contributed by atoms with van der Waals surface area (Å²) in [4.78, 5) is 30.5. The number of benzene rings is 3. The number of aryl methyl sites for hydroxylation is 1. The molecule has 0 fully saturated rings. The molecule has 0 aliphatic heterocycles. The number of H-pyrrole nitrogens is 1. The van der Waals surface area contributed by atoms with Crippen LogP contribution in [-0.2, 0) is 13.1 Å². The number of rotatable bonds is 5. The summed E-state index contributed by atoms with van der Waals surface area (Å²) in [5.74, 6) is -0.662. The summed E-state index contributed by atoms with van der Waals surface area (Å²) in [6.07, 6.45) is 0.